The molecule has 172 valence electrons. The molecule has 0 aliphatic rings. The molecule has 0 saturated heterocycles. The molecule has 2 aromatic carbocycles. The number of rotatable bonds is 7. The number of carbonyl (C=O) groups excluding carboxylic acids is 1. The van der Waals surface area contributed by atoms with Gasteiger partial charge in [-0.05, 0) is 54.6 Å². The lowest BCUT2D eigenvalue weighted by Crippen LogP contribution is -2.30. The van der Waals surface area contributed by atoms with Gasteiger partial charge in [0.05, 0.1) is 38.6 Å². The van der Waals surface area contributed by atoms with Crippen molar-refractivity contribution < 1.29 is 26.0 Å². The summed E-state index contributed by atoms with van der Waals surface area (Å²) in [7, 11) is -6.78. The maximum atomic E-state index is 13.4. The summed E-state index contributed by atoms with van der Waals surface area (Å²) < 4.78 is 54.0. The first kappa shape index (κ1) is 23.1. The molecule has 1 amide bonds. The highest BCUT2D eigenvalue weighted by molar-refractivity contribution is 7.91. The van der Waals surface area contributed by atoms with Crippen molar-refractivity contribution in [2.75, 3.05) is 16.9 Å². The summed E-state index contributed by atoms with van der Waals surface area (Å²) in [6, 6.07) is 13.8. The Morgan fingerprint density at radius 1 is 1.03 bits per heavy atom. The predicted octanol–water partition coefficient (Wildman–Crippen LogP) is 3.93. The predicted molar refractivity (Wildman–Crippen MR) is 126 cm³/mol. The molecule has 0 bridgehead atoms. The molecule has 0 spiro atoms. The summed E-state index contributed by atoms with van der Waals surface area (Å²) in [6.07, 6.45) is 2.63. The molecular weight excluding hydrogens is 484 g/mol. The molecule has 4 rings (SSSR count). The van der Waals surface area contributed by atoms with Crippen LogP contribution in [0.2, 0.25) is 0 Å². The molecule has 0 radical (unpaired) electrons. The van der Waals surface area contributed by atoms with Crippen LogP contribution >= 0.6 is 11.3 Å². The standard InChI is InChI=1S/C22H20N2O6S3/c1-3-33(28,29)17-8-6-15(7-9-17)21(25)24(14-16-5-4-12-30-16)22-23-19-11-10-18(32(2,26)27)13-20(19)31-22/h4-13H,3,14H2,1-2H3. The molecule has 2 aromatic heterocycles. The van der Waals surface area contributed by atoms with Crippen LogP contribution in [0.1, 0.15) is 23.0 Å². The van der Waals surface area contributed by atoms with E-state index in [4.69, 9.17) is 4.42 Å². The Bertz CT molecular complexity index is 1520. The first-order valence-corrected chi connectivity index (χ1v) is 14.2. The molecule has 8 nitrogen and oxygen atoms in total. The van der Waals surface area contributed by atoms with Gasteiger partial charge in [-0.1, -0.05) is 18.3 Å². The van der Waals surface area contributed by atoms with Gasteiger partial charge in [0, 0.05) is 11.8 Å². The summed E-state index contributed by atoms with van der Waals surface area (Å²) in [4.78, 5) is 19.7. The lowest BCUT2D eigenvalue weighted by molar-refractivity contribution is 0.0983. The Morgan fingerprint density at radius 2 is 1.73 bits per heavy atom. The van der Waals surface area contributed by atoms with Crippen molar-refractivity contribution in [3.8, 4) is 0 Å². The van der Waals surface area contributed by atoms with Crippen LogP contribution < -0.4 is 4.90 Å². The molecule has 4 aromatic rings. The third kappa shape index (κ3) is 4.85. The number of thiazole rings is 1. The number of anilines is 1. The lowest BCUT2D eigenvalue weighted by Gasteiger charge is -2.19. The summed E-state index contributed by atoms with van der Waals surface area (Å²) in [5, 5.41) is 0.363. The van der Waals surface area contributed by atoms with Gasteiger partial charge in [0.15, 0.2) is 24.8 Å². The Hall–Kier alpha value is -3.02. The minimum absolute atomic E-state index is 0.0356. The van der Waals surface area contributed by atoms with E-state index in [1.807, 2.05) is 0 Å². The Balaban J connectivity index is 1.75. The van der Waals surface area contributed by atoms with Gasteiger partial charge in [-0.2, -0.15) is 0 Å². The zero-order valence-corrected chi connectivity index (χ0v) is 20.2. The molecule has 0 saturated carbocycles. The first-order chi connectivity index (χ1) is 15.6. The third-order valence-electron chi connectivity index (χ3n) is 4.99. The number of carbonyl (C=O) groups is 1. The van der Waals surface area contributed by atoms with Crippen LogP contribution in [0.4, 0.5) is 5.13 Å². The Labute approximate surface area is 195 Å². The van der Waals surface area contributed by atoms with Gasteiger partial charge in [-0.3, -0.25) is 9.69 Å². The highest BCUT2D eigenvalue weighted by atomic mass is 32.2. The number of furan rings is 1. The molecule has 0 atom stereocenters. The van der Waals surface area contributed by atoms with Crippen molar-refractivity contribution in [1.82, 2.24) is 4.98 Å². The fourth-order valence-corrected chi connectivity index (χ4v) is 5.76. The number of nitrogens with zero attached hydrogens (tertiary/aromatic N) is 2. The fraction of sp³-hybridized carbons (Fsp3) is 0.182. The number of hydrogen-bond acceptors (Lipinski definition) is 8. The summed E-state index contributed by atoms with van der Waals surface area (Å²) in [5.74, 6) is 0.102. The number of fused-ring (bicyclic) bond motifs is 1. The van der Waals surface area contributed by atoms with Gasteiger partial charge in [0.1, 0.15) is 5.76 Å². The second-order valence-electron chi connectivity index (χ2n) is 7.30. The van der Waals surface area contributed by atoms with E-state index in [1.165, 1.54) is 58.9 Å². The zero-order chi connectivity index (χ0) is 23.8. The zero-order valence-electron chi connectivity index (χ0n) is 17.8. The quantitative estimate of drug-likeness (QED) is 0.374. The normalized spacial score (nSPS) is 12.2. The first-order valence-electron chi connectivity index (χ1n) is 9.86. The van der Waals surface area contributed by atoms with Crippen LogP contribution in [0, 0.1) is 0 Å². The summed E-state index contributed by atoms with van der Waals surface area (Å²) in [6.45, 7) is 1.65. The van der Waals surface area contributed by atoms with E-state index in [-0.39, 0.29) is 27.7 Å². The average molecular weight is 505 g/mol. The van der Waals surface area contributed by atoms with Crippen LogP contribution in [0.5, 0.6) is 0 Å². The minimum atomic E-state index is -3.39. The Morgan fingerprint density at radius 3 is 2.33 bits per heavy atom. The SMILES string of the molecule is CCS(=O)(=O)c1ccc(C(=O)N(Cc2ccco2)c2nc3ccc(S(C)(=O)=O)cc3s2)cc1. The molecule has 0 aliphatic heterocycles. The number of amides is 1. The van der Waals surface area contributed by atoms with E-state index >= 15 is 0 Å². The van der Waals surface area contributed by atoms with Gasteiger partial charge in [0.25, 0.3) is 5.91 Å². The number of sulfone groups is 2. The van der Waals surface area contributed by atoms with Crippen LogP contribution in [0.25, 0.3) is 10.2 Å². The monoisotopic (exact) mass is 504 g/mol. The second kappa shape index (κ2) is 8.73. The van der Waals surface area contributed by atoms with Gasteiger partial charge >= 0.3 is 0 Å². The number of aromatic nitrogens is 1. The van der Waals surface area contributed by atoms with Crippen molar-refractivity contribution in [1.29, 1.82) is 0 Å². The highest BCUT2D eigenvalue weighted by Gasteiger charge is 2.24. The topological polar surface area (TPSA) is 115 Å². The molecule has 0 aliphatic carbocycles. The van der Waals surface area contributed by atoms with Crippen LogP contribution in [0.15, 0.2) is 75.1 Å². The van der Waals surface area contributed by atoms with E-state index in [9.17, 15) is 21.6 Å². The number of hydrogen-bond donors (Lipinski definition) is 0. The van der Waals surface area contributed by atoms with Crippen molar-refractivity contribution in [3.63, 3.8) is 0 Å². The average Bonchev–Trinajstić information content (AvgIpc) is 3.45. The largest absolute Gasteiger partial charge is 0.467 e. The molecule has 0 N–H and O–H groups in total. The maximum Gasteiger partial charge on any atom is 0.260 e. The van der Waals surface area contributed by atoms with Crippen LogP contribution in [0.3, 0.4) is 0 Å². The van der Waals surface area contributed by atoms with E-state index in [2.05, 4.69) is 4.98 Å². The maximum absolute atomic E-state index is 13.4. The van der Waals surface area contributed by atoms with E-state index in [0.29, 0.717) is 21.1 Å². The molecule has 11 heteroatoms. The Kier molecular flexibility index (Phi) is 6.12. The smallest absolute Gasteiger partial charge is 0.260 e. The molecular formula is C22H20N2O6S3. The third-order valence-corrected chi connectivity index (χ3v) is 8.89. The molecule has 2 heterocycles. The molecule has 33 heavy (non-hydrogen) atoms. The van der Waals surface area contributed by atoms with Gasteiger partial charge in [-0.25, -0.2) is 21.8 Å². The van der Waals surface area contributed by atoms with Crippen LogP contribution in [-0.2, 0) is 26.2 Å². The van der Waals surface area contributed by atoms with Gasteiger partial charge in [-0.15, -0.1) is 0 Å². The second-order valence-corrected chi connectivity index (χ2v) is 12.6. The fourth-order valence-electron chi connectivity index (χ4n) is 3.15. The van der Waals surface area contributed by atoms with Gasteiger partial charge in [0.2, 0.25) is 0 Å². The van der Waals surface area contributed by atoms with E-state index in [1.54, 1.807) is 25.1 Å². The van der Waals surface area contributed by atoms with Gasteiger partial charge < -0.3 is 4.42 Å². The summed E-state index contributed by atoms with van der Waals surface area (Å²) in [5.41, 5.74) is 0.844. The lowest BCUT2D eigenvalue weighted by atomic mass is 10.2. The summed E-state index contributed by atoms with van der Waals surface area (Å²) >= 11 is 1.18. The van der Waals surface area contributed by atoms with Crippen LogP contribution in [-0.4, -0.2) is 39.7 Å². The van der Waals surface area contributed by atoms with Crippen molar-refractivity contribution in [2.45, 2.75) is 23.3 Å². The van der Waals surface area contributed by atoms with E-state index in [0.717, 1.165) is 6.26 Å². The van der Waals surface area contributed by atoms with E-state index < -0.39 is 25.6 Å². The van der Waals surface area contributed by atoms with Crippen molar-refractivity contribution in [2.24, 2.45) is 0 Å². The highest BCUT2D eigenvalue weighted by Crippen LogP contribution is 2.32. The number of benzene rings is 2. The van der Waals surface area contributed by atoms with Crippen molar-refractivity contribution >= 4 is 52.3 Å². The van der Waals surface area contributed by atoms with Crippen molar-refractivity contribution in [3.05, 3.63) is 72.2 Å². The minimum Gasteiger partial charge on any atom is -0.467 e. The molecule has 0 fully saturated rings. The molecule has 0 unspecified atom stereocenters.